The summed E-state index contributed by atoms with van der Waals surface area (Å²) in [6, 6.07) is 12.3. The number of aromatic nitrogens is 1. The lowest BCUT2D eigenvalue weighted by molar-refractivity contribution is -0.123. The quantitative estimate of drug-likeness (QED) is 0.328. The lowest BCUT2D eigenvalue weighted by Gasteiger charge is -2.09. The number of nitrogens with one attached hydrogen (secondary N) is 1. The molecule has 2 aromatic carbocycles. The van der Waals surface area contributed by atoms with Crippen molar-refractivity contribution in [1.82, 2.24) is 10.6 Å². The maximum atomic E-state index is 12.5. The van der Waals surface area contributed by atoms with Crippen molar-refractivity contribution < 1.29 is 18.5 Å². The van der Waals surface area contributed by atoms with Crippen molar-refractivity contribution in [2.75, 3.05) is 6.61 Å². The van der Waals surface area contributed by atoms with Crippen molar-refractivity contribution in [3.05, 3.63) is 80.7 Å². The molecular formula is C22H16BrN3O5. The number of fused-ring (bicyclic) bond motifs is 1. The number of amides is 1. The molecule has 2 heterocycles. The predicted octanol–water partition coefficient (Wildman–Crippen LogP) is 4.05. The molecule has 0 aliphatic carbocycles. The van der Waals surface area contributed by atoms with E-state index in [1.54, 1.807) is 30.3 Å². The van der Waals surface area contributed by atoms with Crippen molar-refractivity contribution in [3.8, 4) is 17.1 Å². The lowest BCUT2D eigenvalue weighted by atomic mass is 10.1. The Hall–Kier alpha value is -3.72. The first-order valence-corrected chi connectivity index (χ1v) is 9.98. The molecule has 0 aliphatic heterocycles. The molecule has 1 amide bonds. The average Bonchev–Trinajstić information content (AvgIpc) is 3.29. The summed E-state index contributed by atoms with van der Waals surface area (Å²) in [4.78, 5) is 24.6. The van der Waals surface area contributed by atoms with Crippen LogP contribution in [-0.4, -0.2) is 23.9 Å². The third kappa shape index (κ3) is 4.72. The molecule has 0 spiro atoms. The number of hydrogen-bond acceptors (Lipinski definition) is 7. The van der Waals surface area contributed by atoms with Crippen molar-refractivity contribution in [3.63, 3.8) is 0 Å². The monoisotopic (exact) mass is 481 g/mol. The first kappa shape index (κ1) is 20.5. The molecule has 4 aromatic rings. The number of benzene rings is 2. The minimum atomic E-state index is -0.492. The number of carbonyl (C=O) groups is 1. The van der Waals surface area contributed by atoms with E-state index in [2.05, 4.69) is 31.6 Å². The van der Waals surface area contributed by atoms with E-state index in [9.17, 15) is 9.59 Å². The third-order valence-corrected chi connectivity index (χ3v) is 4.84. The number of rotatable bonds is 6. The van der Waals surface area contributed by atoms with Gasteiger partial charge in [0.2, 0.25) is 5.43 Å². The largest absolute Gasteiger partial charge is 0.483 e. The second kappa shape index (κ2) is 8.97. The fraction of sp³-hybridized carbons (Fsp3) is 0.0909. The van der Waals surface area contributed by atoms with E-state index in [-0.39, 0.29) is 17.6 Å². The van der Waals surface area contributed by atoms with Crippen molar-refractivity contribution in [2.45, 2.75) is 6.92 Å². The maximum absolute atomic E-state index is 12.5. The third-order valence-electron chi connectivity index (χ3n) is 4.35. The highest BCUT2D eigenvalue weighted by Gasteiger charge is 2.12. The summed E-state index contributed by atoms with van der Waals surface area (Å²) in [6.45, 7) is 1.66. The number of ether oxygens (including phenoxy) is 1. The Labute approximate surface area is 184 Å². The van der Waals surface area contributed by atoms with Gasteiger partial charge in [-0.15, -0.1) is 0 Å². The number of halogens is 1. The smallest absolute Gasteiger partial charge is 0.277 e. The normalized spacial score (nSPS) is 11.2. The minimum Gasteiger partial charge on any atom is -0.483 e. The van der Waals surface area contributed by atoms with Crippen LogP contribution in [0.15, 0.2) is 78.2 Å². The first-order chi connectivity index (χ1) is 15.0. The van der Waals surface area contributed by atoms with Crippen LogP contribution in [0.1, 0.15) is 11.1 Å². The lowest BCUT2D eigenvalue weighted by Crippen LogP contribution is -2.25. The van der Waals surface area contributed by atoms with E-state index in [0.29, 0.717) is 28.0 Å². The zero-order valence-electron chi connectivity index (χ0n) is 16.3. The fourth-order valence-corrected chi connectivity index (χ4v) is 3.23. The van der Waals surface area contributed by atoms with E-state index >= 15 is 0 Å². The number of carbonyl (C=O) groups excluding carboxylic acids is 1. The van der Waals surface area contributed by atoms with Crippen LogP contribution in [0.3, 0.4) is 0 Å². The zero-order valence-corrected chi connectivity index (χ0v) is 17.9. The molecule has 0 atom stereocenters. The number of hydrazone groups is 1. The Morgan fingerprint density at radius 1 is 1.26 bits per heavy atom. The molecule has 0 aliphatic rings. The van der Waals surface area contributed by atoms with E-state index in [0.717, 1.165) is 10.0 Å². The van der Waals surface area contributed by atoms with Crippen LogP contribution in [-0.2, 0) is 4.79 Å². The number of aryl methyl sites for hydroxylation is 1. The number of nitrogens with zero attached hydrogens (tertiary/aromatic N) is 2. The van der Waals surface area contributed by atoms with E-state index in [1.807, 2.05) is 19.1 Å². The minimum absolute atomic E-state index is 0.206. The first-order valence-electron chi connectivity index (χ1n) is 9.19. The maximum Gasteiger partial charge on any atom is 0.277 e. The van der Waals surface area contributed by atoms with E-state index < -0.39 is 5.91 Å². The van der Waals surface area contributed by atoms with E-state index in [1.165, 1.54) is 18.7 Å². The van der Waals surface area contributed by atoms with Crippen LogP contribution in [0.4, 0.5) is 0 Å². The Morgan fingerprint density at radius 3 is 2.94 bits per heavy atom. The molecule has 0 fully saturated rings. The summed E-state index contributed by atoms with van der Waals surface area (Å²) in [5, 5.41) is 7.93. The molecular weight excluding hydrogens is 466 g/mol. The molecule has 8 nitrogen and oxygen atoms in total. The Kier molecular flexibility index (Phi) is 5.94. The summed E-state index contributed by atoms with van der Waals surface area (Å²) >= 11 is 3.33. The molecule has 0 bridgehead atoms. The van der Waals surface area contributed by atoms with Gasteiger partial charge in [0, 0.05) is 10.5 Å². The van der Waals surface area contributed by atoms with Gasteiger partial charge >= 0.3 is 0 Å². The van der Waals surface area contributed by atoms with Gasteiger partial charge in [0.25, 0.3) is 5.91 Å². The second-order valence-corrected chi connectivity index (χ2v) is 7.53. The Balaban J connectivity index is 1.42. The molecule has 156 valence electrons. The standard InChI is InChI=1S/C22H16BrN3O5/c1-13-2-4-18(16(8-13)20-6-7-25-31-20)30-12-21(27)26-24-10-14-11-29-19-5-3-15(23)9-17(19)22(14)28/h2-11H,12H2,1H3,(H,26,27)/b24-10+. The van der Waals surface area contributed by atoms with Gasteiger partial charge in [-0.3, -0.25) is 9.59 Å². The number of hydrogen-bond donors (Lipinski definition) is 1. The van der Waals surface area contributed by atoms with Crippen molar-refractivity contribution in [2.24, 2.45) is 5.10 Å². The molecule has 31 heavy (non-hydrogen) atoms. The summed E-state index contributed by atoms with van der Waals surface area (Å²) in [6.07, 6.45) is 4.06. The molecule has 1 N–H and O–H groups in total. The summed E-state index contributed by atoms with van der Waals surface area (Å²) in [5.41, 5.74) is 4.44. The van der Waals surface area contributed by atoms with Gasteiger partial charge in [-0.1, -0.05) is 32.7 Å². The van der Waals surface area contributed by atoms with E-state index in [4.69, 9.17) is 13.7 Å². The van der Waals surface area contributed by atoms with Crippen molar-refractivity contribution >= 4 is 39.0 Å². The highest BCUT2D eigenvalue weighted by molar-refractivity contribution is 9.10. The van der Waals surface area contributed by atoms with Gasteiger partial charge in [0.05, 0.1) is 28.9 Å². The predicted molar refractivity (Wildman–Crippen MR) is 118 cm³/mol. The van der Waals surface area contributed by atoms with Crippen LogP contribution < -0.4 is 15.6 Å². The van der Waals surface area contributed by atoms with Crippen LogP contribution in [0.5, 0.6) is 5.75 Å². The van der Waals surface area contributed by atoms with Gasteiger partial charge in [-0.2, -0.15) is 5.10 Å². The van der Waals surface area contributed by atoms with Gasteiger partial charge in [0.15, 0.2) is 12.4 Å². The Bertz CT molecular complexity index is 1330. The van der Waals surface area contributed by atoms with Crippen LogP contribution in [0.2, 0.25) is 0 Å². The molecule has 0 saturated carbocycles. The van der Waals surface area contributed by atoms with Gasteiger partial charge in [-0.25, -0.2) is 5.43 Å². The second-order valence-electron chi connectivity index (χ2n) is 6.62. The topological polar surface area (TPSA) is 107 Å². The highest BCUT2D eigenvalue weighted by atomic mass is 79.9. The molecule has 0 saturated heterocycles. The summed E-state index contributed by atoms with van der Waals surface area (Å²) < 4.78 is 17.0. The zero-order chi connectivity index (χ0) is 21.8. The van der Waals surface area contributed by atoms with Crippen LogP contribution in [0, 0.1) is 6.92 Å². The highest BCUT2D eigenvalue weighted by Crippen LogP contribution is 2.30. The molecule has 9 heteroatoms. The molecule has 4 rings (SSSR count). The summed E-state index contributed by atoms with van der Waals surface area (Å²) in [7, 11) is 0. The van der Waals surface area contributed by atoms with Crippen LogP contribution >= 0.6 is 15.9 Å². The van der Waals surface area contributed by atoms with Gasteiger partial charge in [0.1, 0.15) is 17.6 Å². The summed E-state index contributed by atoms with van der Waals surface area (Å²) in [5.74, 6) is 0.516. The Morgan fingerprint density at radius 2 is 2.13 bits per heavy atom. The average molecular weight is 482 g/mol. The molecule has 0 radical (unpaired) electrons. The SMILES string of the molecule is Cc1ccc(OCC(=O)N/N=C/c2coc3ccc(Br)cc3c2=O)c(-c2ccno2)c1. The van der Waals surface area contributed by atoms with Crippen molar-refractivity contribution in [1.29, 1.82) is 0 Å². The van der Waals surface area contributed by atoms with Crippen LogP contribution in [0.25, 0.3) is 22.3 Å². The molecule has 2 aromatic heterocycles. The fourth-order valence-electron chi connectivity index (χ4n) is 2.87. The molecule has 0 unspecified atom stereocenters. The van der Waals surface area contributed by atoms with Gasteiger partial charge < -0.3 is 13.7 Å². The van der Waals surface area contributed by atoms with Gasteiger partial charge in [-0.05, 0) is 37.3 Å².